The molecule has 0 spiro atoms. The molecule has 4 heteroatoms. The molecule has 140 valence electrons. The molecule has 1 aliphatic rings. The van der Waals surface area contributed by atoms with Crippen molar-refractivity contribution in [2.24, 2.45) is 0 Å². The summed E-state index contributed by atoms with van der Waals surface area (Å²) in [7, 11) is 1.40. The number of carbonyl (C=O) groups excluding carboxylic acids is 3. The van der Waals surface area contributed by atoms with Crippen molar-refractivity contribution < 1.29 is 19.1 Å². The highest BCUT2D eigenvalue weighted by molar-refractivity contribution is 5.99. The van der Waals surface area contributed by atoms with Crippen LogP contribution in [-0.4, -0.2) is 24.6 Å². The number of carbonyl (C=O) groups is 3. The summed E-state index contributed by atoms with van der Waals surface area (Å²) in [5, 5.41) is 0. The largest absolute Gasteiger partial charge is 0.469 e. The van der Waals surface area contributed by atoms with Gasteiger partial charge in [0.1, 0.15) is 5.78 Å². The summed E-state index contributed by atoms with van der Waals surface area (Å²) < 4.78 is 4.60. The fourth-order valence-electron chi connectivity index (χ4n) is 3.07. The minimum Gasteiger partial charge on any atom is -0.469 e. The lowest BCUT2D eigenvalue weighted by Gasteiger charge is -2.05. The fraction of sp³-hybridized carbons (Fsp3) is 0.667. The Kier molecular flexibility index (Phi) is 10.8. The molecule has 0 unspecified atom stereocenters. The van der Waals surface area contributed by atoms with Crippen molar-refractivity contribution in [1.29, 1.82) is 0 Å². The maximum Gasteiger partial charge on any atom is 0.305 e. The van der Waals surface area contributed by atoms with Gasteiger partial charge in [-0.25, -0.2) is 0 Å². The van der Waals surface area contributed by atoms with Crippen molar-refractivity contribution in [3.8, 4) is 0 Å². The minimum atomic E-state index is -0.187. The van der Waals surface area contributed by atoms with E-state index in [-0.39, 0.29) is 11.8 Å². The lowest BCUT2D eigenvalue weighted by molar-refractivity contribution is -0.140. The third-order valence-electron chi connectivity index (χ3n) is 4.65. The normalized spacial score (nSPS) is 14.6. The van der Waals surface area contributed by atoms with E-state index in [0.29, 0.717) is 37.9 Å². The number of hydrogen-bond acceptors (Lipinski definition) is 4. The Morgan fingerprint density at radius 3 is 2.56 bits per heavy atom. The number of methoxy groups -OCH3 is 1. The van der Waals surface area contributed by atoms with E-state index in [1.165, 1.54) is 12.7 Å². The summed E-state index contributed by atoms with van der Waals surface area (Å²) in [6.07, 6.45) is 13.3. The van der Waals surface area contributed by atoms with Crippen LogP contribution >= 0.6 is 0 Å². The summed E-state index contributed by atoms with van der Waals surface area (Å²) in [6.45, 7) is 2.13. The first-order valence-corrected chi connectivity index (χ1v) is 9.56. The summed E-state index contributed by atoms with van der Waals surface area (Å²) in [5.41, 5.74) is 2.08. The molecule has 0 heterocycles. The van der Waals surface area contributed by atoms with Crippen molar-refractivity contribution in [2.75, 3.05) is 7.11 Å². The standard InChI is InChI=1S/C21H32O4/c1-3-4-7-10-18(22)15-13-17-14-16-20(23)19(17)11-8-5-6-9-12-21(24)25-2/h5,8H,3-4,6-7,9-16H2,1-2H3/b8-5-. The molecule has 1 aliphatic carbocycles. The predicted molar refractivity (Wildman–Crippen MR) is 99.3 cm³/mol. The Balaban J connectivity index is 2.37. The monoisotopic (exact) mass is 348 g/mol. The molecule has 4 nitrogen and oxygen atoms in total. The summed E-state index contributed by atoms with van der Waals surface area (Å²) in [5.74, 6) is 0.360. The highest BCUT2D eigenvalue weighted by Gasteiger charge is 2.21. The SMILES string of the molecule is CCCCCC(=O)CCC1=C(C/C=C\CCCC(=O)OC)C(=O)CC1. The number of unbranched alkanes of at least 4 members (excludes halogenated alkanes) is 3. The van der Waals surface area contributed by atoms with E-state index in [1.54, 1.807) is 0 Å². The third-order valence-corrected chi connectivity index (χ3v) is 4.65. The number of hydrogen-bond donors (Lipinski definition) is 0. The highest BCUT2D eigenvalue weighted by Crippen LogP contribution is 2.29. The zero-order chi connectivity index (χ0) is 18.5. The van der Waals surface area contributed by atoms with E-state index >= 15 is 0 Å². The fourth-order valence-corrected chi connectivity index (χ4v) is 3.07. The predicted octanol–water partition coefficient (Wildman–Crippen LogP) is 4.87. The average Bonchev–Trinajstić information content (AvgIpc) is 2.96. The van der Waals surface area contributed by atoms with Crippen molar-refractivity contribution >= 4 is 17.5 Å². The van der Waals surface area contributed by atoms with E-state index in [9.17, 15) is 14.4 Å². The smallest absolute Gasteiger partial charge is 0.305 e. The van der Waals surface area contributed by atoms with Crippen LogP contribution in [0.2, 0.25) is 0 Å². The Labute approximate surface area is 151 Å². The molecule has 0 atom stereocenters. The Hall–Kier alpha value is -1.71. The van der Waals surface area contributed by atoms with E-state index in [4.69, 9.17) is 0 Å². The van der Waals surface area contributed by atoms with Gasteiger partial charge < -0.3 is 4.74 Å². The molecule has 0 saturated heterocycles. The Morgan fingerprint density at radius 1 is 1.04 bits per heavy atom. The molecule has 0 aliphatic heterocycles. The van der Waals surface area contributed by atoms with E-state index in [1.807, 2.05) is 12.2 Å². The quantitative estimate of drug-likeness (QED) is 0.271. The number of ketones is 2. The van der Waals surface area contributed by atoms with Gasteiger partial charge in [0.05, 0.1) is 7.11 Å². The first-order chi connectivity index (χ1) is 12.1. The molecule has 0 bridgehead atoms. The second-order valence-corrected chi connectivity index (χ2v) is 6.64. The van der Waals surface area contributed by atoms with Crippen LogP contribution in [0.15, 0.2) is 23.3 Å². The van der Waals surface area contributed by atoms with Gasteiger partial charge in [-0.15, -0.1) is 0 Å². The van der Waals surface area contributed by atoms with Gasteiger partial charge in [-0.3, -0.25) is 14.4 Å². The van der Waals surface area contributed by atoms with Gasteiger partial charge >= 0.3 is 5.97 Å². The topological polar surface area (TPSA) is 60.4 Å². The van der Waals surface area contributed by atoms with E-state index in [2.05, 4.69) is 11.7 Å². The van der Waals surface area contributed by atoms with Gasteiger partial charge in [0.25, 0.3) is 0 Å². The van der Waals surface area contributed by atoms with E-state index < -0.39 is 0 Å². The Bertz CT molecular complexity index is 514. The molecular weight excluding hydrogens is 316 g/mol. The van der Waals surface area contributed by atoms with Gasteiger partial charge in [0, 0.05) is 25.7 Å². The van der Waals surface area contributed by atoms with Crippen LogP contribution in [0.5, 0.6) is 0 Å². The first-order valence-electron chi connectivity index (χ1n) is 9.56. The molecule has 0 N–H and O–H groups in total. The number of Topliss-reactive ketones (excluding diaryl/α,β-unsaturated/α-hetero) is 2. The van der Waals surface area contributed by atoms with Gasteiger partial charge in [0.15, 0.2) is 5.78 Å². The van der Waals surface area contributed by atoms with E-state index in [0.717, 1.165) is 50.5 Å². The number of rotatable bonds is 13. The lowest BCUT2D eigenvalue weighted by Crippen LogP contribution is -2.00. The summed E-state index contributed by atoms with van der Waals surface area (Å²) in [4.78, 5) is 35.0. The van der Waals surface area contributed by atoms with Crippen molar-refractivity contribution in [3.05, 3.63) is 23.3 Å². The highest BCUT2D eigenvalue weighted by atomic mass is 16.5. The second-order valence-electron chi connectivity index (χ2n) is 6.64. The van der Waals surface area contributed by atoms with Crippen LogP contribution < -0.4 is 0 Å². The number of esters is 1. The molecule has 0 aromatic rings. The van der Waals surface area contributed by atoms with Crippen LogP contribution in [0.25, 0.3) is 0 Å². The van der Waals surface area contributed by atoms with Crippen LogP contribution in [0.3, 0.4) is 0 Å². The van der Waals surface area contributed by atoms with Crippen molar-refractivity contribution in [1.82, 2.24) is 0 Å². The zero-order valence-corrected chi connectivity index (χ0v) is 15.8. The molecule has 0 amide bonds. The number of allylic oxidation sites excluding steroid dienone is 4. The first kappa shape index (κ1) is 21.3. The molecule has 0 aromatic carbocycles. The molecule has 1 rings (SSSR count). The summed E-state index contributed by atoms with van der Waals surface area (Å²) >= 11 is 0. The lowest BCUT2D eigenvalue weighted by atomic mass is 9.99. The van der Waals surface area contributed by atoms with Crippen molar-refractivity contribution in [3.63, 3.8) is 0 Å². The average molecular weight is 348 g/mol. The zero-order valence-electron chi connectivity index (χ0n) is 15.8. The molecule has 0 aromatic heterocycles. The van der Waals surface area contributed by atoms with Crippen LogP contribution in [0.1, 0.15) is 84.0 Å². The van der Waals surface area contributed by atoms with Crippen molar-refractivity contribution in [2.45, 2.75) is 84.0 Å². The minimum absolute atomic E-state index is 0.187. The van der Waals surface area contributed by atoms with Crippen LogP contribution in [0.4, 0.5) is 0 Å². The number of ether oxygens (including phenoxy) is 1. The third kappa shape index (κ3) is 8.80. The van der Waals surface area contributed by atoms with Gasteiger partial charge in [-0.05, 0) is 44.1 Å². The summed E-state index contributed by atoms with van der Waals surface area (Å²) in [6, 6.07) is 0. The molecule has 0 saturated carbocycles. The second kappa shape index (κ2) is 12.6. The Morgan fingerprint density at radius 2 is 1.84 bits per heavy atom. The van der Waals surface area contributed by atoms with Gasteiger partial charge in [-0.2, -0.15) is 0 Å². The molecule has 0 radical (unpaired) electrons. The maximum absolute atomic E-state index is 12.1. The van der Waals surface area contributed by atoms with Gasteiger partial charge in [-0.1, -0.05) is 37.5 Å². The molecule has 25 heavy (non-hydrogen) atoms. The maximum atomic E-state index is 12.1. The molecule has 0 fully saturated rings. The van der Waals surface area contributed by atoms with Crippen LogP contribution in [-0.2, 0) is 19.1 Å². The van der Waals surface area contributed by atoms with Crippen LogP contribution in [0, 0.1) is 0 Å². The van der Waals surface area contributed by atoms with Gasteiger partial charge in [0.2, 0.25) is 0 Å². The molecular formula is C21H32O4.